The normalized spacial score (nSPS) is 15.0. The first-order chi connectivity index (χ1) is 14.0. The van der Waals surface area contributed by atoms with Crippen LogP contribution in [0.15, 0.2) is 38.7 Å². The van der Waals surface area contributed by atoms with E-state index in [0.717, 1.165) is 25.7 Å². The summed E-state index contributed by atoms with van der Waals surface area (Å²) < 4.78 is 6.73. The van der Waals surface area contributed by atoms with E-state index < -0.39 is 0 Å². The molecule has 2 aromatic heterocycles. The number of fused-ring (bicyclic) bond motifs is 1. The van der Waals surface area contributed by atoms with Gasteiger partial charge in [0.15, 0.2) is 11.0 Å². The Morgan fingerprint density at radius 2 is 2.10 bits per heavy atom. The molecule has 1 aliphatic carbocycles. The van der Waals surface area contributed by atoms with Crippen LogP contribution in [0.3, 0.4) is 0 Å². The molecule has 4 rings (SSSR count). The van der Waals surface area contributed by atoms with Gasteiger partial charge in [0, 0.05) is 17.1 Å². The van der Waals surface area contributed by atoms with E-state index in [-0.39, 0.29) is 23.3 Å². The SMILES string of the molecule is Cc1cc(NC(=O)CSc2nc3cc(Cl)ccc3c(=O)n2C2CCCCC2)no1. The van der Waals surface area contributed by atoms with Crippen molar-refractivity contribution in [3.05, 3.63) is 45.4 Å². The number of thioether (sulfide) groups is 1. The van der Waals surface area contributed by atoms with Crippen molar-refractivity contribution in [1.29, 1.82) is 0 Å². The molecule has 2 heterocycles. The number of hydrogen-bond donors (Lipinski definition) is 1. The lowest BCUT2D eigenvalue weighted by molar-refractivity contribution is -0.113. The van der Waals surface area contributed by atoms with Crippen LogP contribution in [0.25, 0.3) is 10.9 Å². The second-order valence-electron chi connectivity index (χ2n) is 7.18. The van der Waals surface area contributed by atoms with E-state index in [2.05, 4.69) is 15.5 Å². The fourth-order valence-corrected chi connectivity index (χ4v) is 4.68. The van der Waals surface area contributed by atoms with E-state index in [9.17, 15) is 9.59 Å². The lowest BCUT2D eigenvalue weighted by Crippen LogP contribution is -2.29. The molecule has 29 heavy (non-hydrogen) atoms. The minimum Gasteiger partial charge on any atom is -0.360 e. The third-order valence-electron chi connectivity index (χ3n) is 5.00. The van der Waals surface area contributed by atoms with E-state index >= 15 is 0 Å². The Hall–Kier alpha value is -2.32. The summed E-state index contributed by atoms with van der Waals surface area (Å²) in [4.78, 5) is 30.3. The molecule has 1 N–H and O–H groups in total. The molecule has 1 amide bonds. The molecule has 1 fully saturated rings. The van der Waals surface area contributed by atoms with Crippen molar-refractivity contribution in [3.63, 3.8) is 0 Å². The molecule has 0 unspecified atom stereocenters. The number of amides is 1. The molecule has 152 valence electrons. The number of carbonyl (C=O) groups excluding carboxylic acids is 1. The van der Waals surface area contributed by atoms with Crippen molar-refractivity contribution in [1.82, 2.24) is 14.7 Å². The maximum absolute atomic E-state index is 13.2. The Balaban J connectivity index is 1.63. The van der Waals surface area contributed by atoms with Gasteiger partial charge in [0.2, 0.25) is 5.91 Å². The summed E-state index contributed by atoms with van der Waals surface area (Å²) in [5.74, 6) is 0.860. The lowest BCUT2D eigenvalue weighted by atomic mass is 9.95. The van der Waals surface area contributed by atoms with Gasteiger partial charge in [-0.05, 0) is 38.0 Å². The van der Waals surface area contributed by atoms with Gasteiger partial charge in [-0.1, -0.05) is 47.8 Å². The highest BCUT2D eigenvalue weighted by Gasteiger charge is 2.22. The van der Waals surface area contributed by atoms with Crippen LogP contribution in [0.1, 0.15) is 43.9 Å². The summed E-state index contributed by atoms with van der Waals surface area (Å²) >= 11 is 7.34. The quantitative estimate of drug-likeness (QED) is 0.468. The average Bonchev–Trinajstić information content (AvgIpc) is 3.11. The van der Waals surface area contributed by atoms with Crippen LogP contribution in [-0.2, 0) is 4.79 Å². The number of nitrogens with one attached hydrogen (secondary N) is 1. The van der Waals surface area contributed by atoms with Crippen LogP contribution in [0.2, 0.25) is 5.02 Å². The average molecular weight is 433 g/mol. The summed E-state index contributed by atoms with van der Waals surface area (Å²) in [5.41, 5.74) is 0.471. The van der Waals surface area contributed by atoms with E-state index in [4.69, 9.17) is 16.1 Å². The smallest absolute Gasteiger partial charge is 0.262 e. The topological polar surface area (TPSA) is 90.0 Å². The minimum absolute atomic E-state index is 0.0754. The molecule has 7 nitrogen and oxygen atoms in total. The summed E-state index contributed by atoms with van der Waals surface area (Å²) in [5, 5.41) is 8.07. The van der Waals surface area contributed by atoms with Crippen LogP contribution < -0.4 is 10.9 Å². The first-order valence-corrected chi connectivity index (χ1v) is 11.0. The summed E-state index contributed by atoms with van der Waals surface area (Å²) in [7, 11) is 0. The Morgan fingerprint density at radius 3 is 2.83 bits per heavy atom. The maximum Gasteiger partial charge on any atom is 0.262 e. The number of halogens is 1. The number of nitrogens with zero attached hydrogens (tertiary/aromatic N) is 3. The van der Waals surface area contributed by atoms with Gasteiger partial charge >= 0.3 is 0 Å². The Bertz CT molecular complexity index is 1100. The molecule has 0 bridgehead atoms. The molecule has 0 saturated heterocycles. The lowest BCUT2D eigenvalue weighted by Gasteiger charge is -2.26. The predicted molar refractivity (Wildman–Crippen MR) is 114 cm³/mol. The highest BCUT2D eigenvalue weighted by atomic mass is 35.5. The number of benzene rings is 1. The van der Waals surface area contributed by atoms with Crippen molar-refractivity contribution >= 4 is 46.0 Å². The van der Waals surface area contributed by atoms with Crippen LogP contribution in [-0.4, -0.2) is 26.4 Å². The molecule has 3 aromatic rings. The van der Waals surface area contributed by atoms with Gasteiger partial charge in [-0.25, -0.2) is 4.98 Å². The molecule has 1 aliphatic rings. The fourth-order valence-electron chi connectivity index (χ4n) is 3.65. The van der Waals surface area contributed by atoms with Gasteiger partial charge in [0.25, 0.3) is 5.56 Å². The zero-order valence-corrected chi connectivity index (χ0v) is 17.6. The monoisotopic (exact) mass is 432 g/mol. The Kier molecular flexibility index (Phi) is 5.91. The summed E-state index contributed by atoms with van der Waals surface area (Å²) in [6.45, 7) is 1.75. The van der Waals surface area contributed by atoms with Gasteiger partial charge in [0.1, 0.15) is 5.76 Å². The number of rotatable bonds is 5. The van der Waals surface area contributed by atoms with Gasteiger partial charge in [0.05, 0.1) is 16.7 Å². The first-order valence-electron chi connectivity index (χ1n) is 9.59. The molecule has 9 heteroatoms. The van der Waals surface area contributed by atoms with E-state index in [0.29, 0.717) is 32.7 Å². The second kappa shape index (κ2) is 8.59. The minimum atomic E-state index is -0.237. The standard InChI is InChI=1S/C20H21ClN4O3S/c1-12-9-17(24-28-12)23-18(26)11-29-20-22-16-10-13(21)7-8-15(16)19(27)25(20)14-5-3-2-4-6-14/h7-10,14H,2-6,11H2,1H3,(H,23,24,26). The maximum atomic E-state index is 13.2. The number of hydrogen-bond acceptors (Lipinski definition) is 6. The van der Waals surface area contributed by atoms with Gasteiger partial charge in [-0.2, -0.15) is 0 Å². The molecule has 0 radical (unpaired) electrons. The van der Waals surface area contributed by atoms with Crippen LogP contribution in [0.5, 0.6) is 0 Å². The van der Waals surface area contributed by atoms with Crippen molar-refractivity contribution in [2.24, 2.45) is 0 Å². The number of aromatic nitrogens is 3. The highest BCUT2D eigenvalue weighted by Crippen LogP contribution is 2.31. The van der Waals surface area contributed by atoms with Crippen LogP contribution >= 0.6 is 23.4 Å². The molecule has 0 aliphatic heterocycles. The highest BCUT2D eigenvalue weighted by molar-refractivity contribution is 7.99. The molecule has 0 spiro atoms. The molecular weight excluding hydrogens is 412 g/mol. The number of carbonyl (C=O) groups is 1. The third kappa shape index (κ3) is 4.48. The molecule has 1 aromatic carbocycles. The predicted octanol–water partition coefficient (Wildman–Crippen LogP) is 4.58. The van der Waals surface area contributed by atoms with E-state index in [1.165, 1.54) is 18.2 Å². The number of anilines is 1. The van der Waals surface area contributed by atoms with Gasteiger partial charge in [-0.15, -0.1) is 0 Å². The zero-order valence-electron chi connectivity index (χ0n) is 16.0. The van der Waals surface area contributed by atoms with Gasteiger partial charge < -0.3 is 9.84 Å². The van der Waals surface area contributed by atoms with Crippen LogP contribution in [0, 0.1) is 6.92 Å². The Morgan fingerprint density at radius 1 is 1.31 bits per heavy atom. The third-order valence-corrected chi connectivity index (χ3v) is 6.19. The second-order valence-corrected chi connectivity index (χ2v) is 8.56. The largest absolute Gasteiger partial charge is 0.360 e. The van der Waals surface area contributed by atoms with Crippen molar-refractivity contribution in [2.75, 3.05) is 11.1 Å². The molecule has 0 atom stereocenters. The zero-order chi connectivity index (χ0) is 20.4. The van der Waals surface area contributed by atoms with Crippen LogP contribution in [0.4, 0.5) is 5.82 Å². The Labute approximate surface area is 176 Å². The van der Waals surface area contributed by atoms with E-state index in [1.54, 1.807) is 35.8 Å². The summed E-state index contributed by atoms with van der Waals surface area (Å²) in [6, 6.07) is 6.87. The molecular formula is C20H21ClN4O3S. The van der Waals surface area contributed by atoms with Gasteiger partial charge in [-0.3, -0.25) is 14.2 Å². The molecule has 1 saturated carbocycles. The van der Waals surface area contributed by atoms with E-state index in [1.807, 2.05) is 0 Å². The summed E-state index contributed by atoms with van der Waals surface area (Å²) in [6.07, 6.45) is 5.25. The number of aryl methyl sites for hydroxylation is 1. The fraction of sp³-hybridized carbons (Fsp3) is 0.400. The van der Waals surface area contributed by atoms with Crippen molar-refractivity contribution in [2.45, 2.75) is 50.2 Å². The first kappa shape index (κ1) is 20.0. The van der Waals surface area contributed by atoms with Crippen molar-refractivity contribution < 1.29 is 9.32 Å². The van der Waals surface area contributed by atoms with Crippen molar-refractivity contribution in [3.8, 4) is 0 Å².